The third kappa shape index (κ3) is 3.22. The molecule has 1 saturated heterocycles. The summed E-state index contributed by atoms with van der Waals surface area (Å²) in [5.74, 6) is -1.57. The van der Waals surface area contributed by atoms with Gasteiger partial charge in [-0.2, -0.15) is 0 Å². The highest BCUT2D eigenvalue weighted by molar-refractivity contribution is 7.21. The molecule has 0 aliphatic carbocycles. The number of carbonyl (C=O) groups excluding carboxylic acids is 1. The van der Waals surface area contributed by atoms with Gasteiger partial charge in [-0.25, -0.2) is 27.9 Å². The Morgan fingerprint density at radius 1 is 1.19 bits per heavy atom. The number of urea groups is 1. The maximum absolute atomic E-state index is 13.4. The van der Waals surface area contributed by atoms with E-state index in [2.05, 4.69) is 15.3 Å². The maximum atomic E-state index is 13.4. The van der Waals surface area contributed by atoms with Gasteiger partial charge in [-0.15, -0.1) is 11.3 Å². The number of rotatable bonds is 2. The number of benzene rings is 1. The lowest BCUT2D eigenvalue weighted by Crippen LogP contribution is -2.33. The molecule has 0 unspecified atom stereocenters. The molecule has 3 heterocycles. The minimum absolute atomic E-state index is 0.0745. The van der Waals surface area contributed by atoms with Crippen molar-refractivity contribution in [3.05, 3.63) is 42.0 Å². The molecular weight excluding hydrogens is 365 g/mol. The standard InChI is InChI=1S/C17H13F3N4OS/c18-10-5-6-24(8-10)17(25)22-14-4-3-13-15(21-14)23-16(26-13)9-1-2-11(19)12(20)7-9/h1-4,7,10H,5-6,8H2,(H,21,22,25)/t10-/m0/s1. The van der Waals surface area contributed by atoms with E-state index < -0.39 is 23.8 Å². The molecule has 3 aromatic rings. The van der Waals surface area contributed by atoms with Crippen LogP contribution < -0.4 is 5.32 Å². The number of nitrogens with one attached hydrogen (secondary N) is 1. The molecule has 0 bridgehead atoms. The number of pyridine rings is 1. The smallest absolute Gasteiger partial charge is 0.321 e. The van der Waals surface area contributed by atoms with E-state index in [0.29, 0.717) is 35.0 Å². The summed E-state index contributed by atoms with van der Waals surface area (Å²) >= 11 is 1.28. The van der Waals surface area contributed by atoms with Crippen molar-refractivity contribution in [2.75, 3.05) is 18.4 Å². The number of hydrogen-bond acceptors (Lipinski definition) is 4. The molecule has 0 spiro atoms. The molecule has 1 fully saturated rings. The first-order valence-electron chi connectivity index (χ1n) is 7.92. The fourth-order valence-corrected chi connectivity index (χ4v) is 3.64. The normalized spacial score (nSPS) is 17.0. The van der Waals surface area contributed by atoms with E-state index in [1.807, 2.05) is 0 Å². The Bertz CT molecular complexity index is 993. The van der Waals surface area contributed by atoms with Gasteiger partial charge in [0.2, 0.25) is 0 Å². The minimum atomic E-state index is -0.992. The Morgan fingerprint density at radius 2 is 2.04 bits per heavy atom. The first-order valence-corrected chi connectivity index (χ1v) is 8.74. The van der Waals surface area contributed by atoms with E-state index in [1.54, 1.807) is 12.1 Å². The average Bonchev–Trinajstić information content (AvgIpc) is 3.23. The molecule has 2 aromatic heterocycles. The zero-order valence-corrected chi connectivity index (χ0v) is 14.2. The fraction of sp³-hybridized carbons (Fsp3) is 0.235. The number of thiazole rings is 1. The molecule has 1 aliphatic rings. The molecule has 4 rings (SSSR count). The maximum Gasteiger partial charge on any atom is 0.323 e. The van der Waals surface area contributed by atoms with Crippen LogP contribution in [0.1, 0.15) is 6.42 Å². The van der Waals surface area contributed by atoms with Crippen molar-refractivity contribution in [2.45, 2.75) is 12.6 Å². The number of fused-ring (bicyclic) bond motifs is 1. The lowest BCUT2D eigenvalue weighted by molar-refractivity contribution is 0.217. The highest BCUT2D eigenvalue weighted by atomic mass is 32.1. The van der Waals surface area contributed by atoms with E-state index in [9.17, 15) is 18.0 Å². The van der Waals surface area contributed by atoms with Gasteiger partial charge in [0.1, 0.15) is 17.0 Å². The van der Waals surface area contributed by atoms with E-state index in [1.165, 1.54) is 22.3 Å². The van der Waals surface area contributed by atoms with Crippen LogP contribution in [0.15, 0.2) is 30.3 Å². The zero-order valence-electron chi connectivity index (χ0n) is 13.4. The molecule has 26 heavy (non-hydrogen) atoms. The van der Waals surface area contributed by atoms with Crippen LogP contribution in [0.5, 0.6) is 0 Å². The topological polar surface area (TPSA) is 58.1 Å². The van der Waals surface area contributed by atoms with Crippen molar-refractivity contribution in [2.24, 2.45) is 0 Å². The van der Waals surface area contributed by atoms with E-state index in [-0.39, 0.29) is 6.54 Å². The largest absolute Gasteiger partial charge is 0.323 e. The Labute approximate surface area is 150 Å². The third-order valence-electron chi connectivity index (χ3n) is 4.07. The number of carbonyl (C=O) groups is 1. The molecular formula is C17H13F3N4OS. The predicted octanol–water partition coefficient (Wildman–Crippen LogP) is 4.21. The fourth-order valence-electron chi connectivity index (χ4n) is 2.73. The van der Waals surface area contributed by atoms with Crippen LogP contribution in [-0.2, 0) is 0 Å². The van der Waals surface area contributed by atoms with Crippen LogP contribution in [0.3, 0.4) is 0 Å². The highest BCUT2D eigenvalue weighted by Crippen LogP contribution is 2.30. The van der Waals surface area contributed by atoms with Crippen LogP contribution in [0.4, 0.5) is 23.8 Å². The van der Waals surface area contributed by atoms with Crippen LogP contribution in [0.2, 0.25) is 0 Å². The molecule has 134 valence electrons. The van der Waals surface area contributed by atoms with Crippen LogP contribution in [-0.4, -0.2) is 40.2 Å². The molecule has 2 amide bonds. The van der Waals surface area contributed by atoms with Crippen molar-refractivity contribution in [1.82, 2.24) is 14.9 Å². The molecule has 5 nitrogen and oxygen atoms in total. The summed E-state index contributed by atoms with van der Waals surface area (Å²) < 4.78 is 40.4. The van der Waals surface area contributed by atoms with Crippen molar-refractivity contribution in [1.29, 1.82) is 0 Å². The van der Waals surface area contributed by atoms with Gasteiger partial charge < -0.3 is 4.90 Å². The van der Waals surface area contributed by atoms with E-state index >= 15 is 0 Å². The van der Waals surface area contributed by atoms with Gasteiger partial charge in [0.25, 0.3) is 0 Å². The number of halogens is 3. The first kappa shape index (κ1) is 16.8. The van der Waals surface area contributed by atoms with E-state index in [4.69, 9.17) is 0 Å². The van der Waals surface area contributed by atoms with Gasteiger partial charge in [0, 0.05) is 12.1 Å². The number of likely N-dealkylation sites (tertiary alicyclic amines) is 1. The molecule has 9 heteroatoms. The van der Waals surface area contributed by atoms with Crippen LogP contribution >= 0.6 is 11.3 Å². The highest BCUT2D eigenvalue weighted by Gasteiger charge is 2.26. The first-order chi connectivity index (χ1) is 12.5. The van der Waals surface area contributed by atoms with Gasteiger partial charge in [0.15, 0.2) is 17.3 Å². The monoisotopic (exact) mass is 378 g/mol. The Hall–Kier alpha value is -2.68. The third-order valence-corrected chi connectivity index (χ3v) is 5.13. The second kappa shape index (κ2) is 6.56. The quantitative estimate of drug-likeness (QED) is 0.727. The number of alkyl halides is 1. The summed E-state index contributed by atoms with van der Waals surface area (Å²) in [7, 11) is 0. The average molecular weight is 378 g/mol. The second-order valence-electron chi connectivity index (χ2n) is 5.93. The Balaban J connectivity index is 1.57. The SMILES string of the molecule is O=C(Nc1ccc2sc(-c3ccc(F)c(F)c3)nc2n1)N1CC[C@H](F)C1. The Kier molecular flexibility index (Phi) is 4.23. The van der Waals surface area contributed by atoms with Crippen LogP contribution in [0.25, 0.3) is 20.9 Å². The molecule has 1 atom stereocenters. The predicted molar refractivity (Wildman–Crippen MR) is 92.9 cm³/mol. The van der Waals surface area contributed by atoms with Crippen molar-refractivity contribution >= 4 is 33.5 Å². The summed E-state index contributed by atoms with van der Waals surface area (Å²) in [6.45, 7) is 0.442. The molecule has 0 saturated carbocycles. The molecule has 1 N–H and O–H groups in total. The summed E-state index contributed by atoms with van der Waals surface area (Å²) in [5, 5.41) is 3.12. The lowest BCUT2D eigenvalue weighted by Gasteiger charge is -2.15. The molecule has 1 aromatic carbocycles. The van der Waals surface area contributed by atoms with Crippen molar-refractivity contribution in [3.8, 4) is 10.6 Å². The second-order valence-corrected chi connectivity index (χ2v) is 6.96. The summed E-state index contributed by atoms with van der Waals surface area (Å²) in [6.07, 6.45) is -0.655. The summed E-state index contributed by atoms with van der Waals surface area (Å²) in [6, 6.07) is 6.52. The number of amides is 2. The Morgan fingerprint density at radius 3 is 2.77 bits per heavy atom. The van der Waals surface area contributed by atoms with Gasteiger partial charge >= 0.3 is 6.03 Å². The lowest BCUT2D eigenvalue weighted by atomic mass is 10.2. The van der Waals surface area contributed by atoms with Gasteiger partial charge in [0.05, 0.1) is 11.2 Å². The van der Waals surface area contributed by atoms with Gasteiger partial charge in [-0.3, -0.25) is 5.32 Å². The van der Waals surface area contributed by atoms with Crippen molar-refractivity contribution < 1.29 is 18.0 Å². The molecule has 0 radical (unpaired) electrons. The summed E-state index contributed by atoms with van der Waals surface area (Å²) in [5.41, 5.74) is 0.834. The number of hydrogen-bond donors (Lipinski definition) is 1. The van der Waals surface area contributed by atoms with Gasteiger partial charge in [-0.1, -0.05) is 0 Å². The zero-order chi connectivity index (χ0) is 18.3. The number of aromatic nitrogens is 2. The number of nitrogens with zero attached hydrogens (tertiary/aromatic N) is 3. The minimum Gasteiger partial charge on any atom is -0.321 e. The van der Waals surface area contributed by atoms with E-state index in [0.717, 1.165) is 16.8 Å². The van der Waals surface area contributed by atoms with Crippen molar-refractivity contribution in [3.63, 3.8) is 0 Å². The number of anilines is 1. The van der Waals surface area contributed by atoms with Crippen LogP contribution in [0, 0.1) is 11.6 Å². The molecule has 1 aliphatic heterocycles. The van der Waals surface area contributed by atoms with Gasteiger partial charge in [-0.05, 0) is 36.8 Å². The summed E-state index contributed by atoms with van der Waals surface area (Å²) in [4.78, 5) is 22.1.